The molecule has 12 heteroatoms. The zero-order valence-corrected chi connectivity index (χ0v) is 24.8. The molecule has 2 fully saturated rings. The molecule has 2 atom stereocenters. The minimum Gasteiger partial charge on any atom is -0.483 e. The molecule has 0 spiro atoms. The van der Waals surface area contributed by atoms with Crippen LogP contribution in [0.3, 0.4) is 0 Å². The summed E-state index contributed by atoms with van der Waals surface area (Å²) in [5.41, 5.74) is 0.101. The molecule has 41 heavy (non-hydrogen) atoms. The van der Waals surface area contributed by atoms with Crippen LogP contribution in [0.4, 0.5) is 35.0 Å². The van der Waals surface area contributed by atoms with Crippen LogP contribution in [0, 0.1) is 5.82 Å². The largest absolute Gasteiger partial charge is 0.483 e. The molecule has 1 aromatic heterocycles. The van der Waals surface area contributed by atoms with E-state index in [0.29, 0.717) is 18.7 Å². The summed E-state index contributed by atoms with van der Waals surface area (Å²) in [7, 11) is 2.09. The van der Waals surface area contributed by atoms with Gasteiger partial charge < -0.3 is 20.1 Å². The third-order valence-corrected chi connectivity index (χ3v) is 8.33. The number of aromatic nitrogens is 2. The van der Waals surface area contributed by atoms with Crippen molar-refractivity contribution in [1.29, 1.82) is 0 Å². The molecule has 0 radical (unpaired) electrons. The molecule has 4 rings (SSSR count). The Balaban J connectivity index is 1.49. The quantitative estimate of drug-likeness (QED) is 0.338. The molecule has 8 nitrogen and oxygen atoms in total. The normalized spacial score (nSPS) is 23.5. The predicted octanol–water partition coefficient (Wildman–Crippen LogP) is 6.22. The van der Waals surface area contributed by atoms with Crippen LogP contribution in [0.5, 0.6) is 11.5 Å². The highest BCUT2D eigenvalue weighted by molar-refractivity contribution is 5.60. The molecule has 0 unspecified atom stereocenters. The second kappa shape index (κ2) is 12.2. The summed E-state index contributed by atoms with van der Waals surface area (Å²) < 4.78 is 66.6. The fourth-order valence-electron chi connectivity index (χ4n) is 5.87. The van der Waals surface area contributed by atoms with Crippen LogP contribution in [0.2, 0.25) is 0 Å². The molecule has 0 saturated carbocycles. The van der Waals surface area contributed by atoms with Crippen molar-refractivity contribution in [2.24, 2.45) is 0 Å². The topological polar surface area (TPSA) is 74.8 Å². The van der Waals surface area contributed by atoms with E-state index >= 15 is 0 Å². The van der Waals surface area contributed by atoms with Gasteiger partial charge in [-0.05, 0) is 80.0 Å². The van der Waals surface area contributed by atoms with E-state index in [1.165, 1.54) is 12.1 Å². The van der Waals surface area contributed by atoms with Crippen LogP contribution in [-0.2, 0) is 0 Å². The summed E-state index contributed by atoms with van der Waals surface area (Å²) in [5, 5.41) is 6.16. The Hall–Kier alpha value is -2.86. The van der Waals surface area contributed by atoms with Gasteiger partial charge in [-0.25, -0.2) is 13.8 Å². The highest BCUT2D eigenvalue weighted by Gasteiger charge is 2.43. The number of nitrogens with one attached hydrogen (secondary N) is 2. The van der Waals surface area contributed by atoms with Crippen LogP contribution in [0.15, 0.2) is 24.4 Å². The summed E-state index contributed by atoms with van der Waals surface area (Å²) >= 11 is 0. The van der Waals surface area contributed by atoms with Crippen molar-refractivity contribution in [3.05, 3.63) is 30.2 Å². The lowest BCUT2D eigenvalue weighted by Crippen LogP contribution is -2.61. The Kier molecular flexibility index (Phi) is 9.22. The fraction of sp³-hybridized carbons (Fsp3) is 0.655. The van der Waals surface area contributed by atoms with Gasteiger partial charge in [0.15, 0.2) is 23.1 Å². The molecule has 0 amide bonds. The van der Waals surface area contributed by atoms with E-state index < -0.39 is 24.7 Å². The molecule has 3 heterocycles. The van der Waals surface area contributed by atoms with Gasteiger partial charge in [0.05, 0.1) is 6.20 Å². The molecule has 1 aromatic carbocycles. The SMILES string of the molecule is CC(C)N1CC[C@H](Oc2ccc(Nc3ncc(F)c(NC4CC(C)(C)N(C)C(C)(C)C4)n3)cc2OC(F)F)[C@H](F)C1. The van der Waals surface area contributed by atoms with Gasteiger partial charge in [0.2, 0.25) is 5.95 Å². The first-order valence-corrected chi connectivity index (χ1v) is 14.1. The molecule has 2 aromatic rings. The number of rotatable bonds is 9. The Labute approximate surface area is 239 Å². The van der Waals surface area contributed by atoms with Crippen molar-refractivity contribution in [1.82, 2.24) is 19.8 Å². The van der Waals surface area contributed by atoms with E-state index in [2.05, 4.69) is 60.2 Å². The summed E-state index contributed by atoms with van der Waals surface area (Å²) in [6.07, 6.45) is 0.978. The maximum Gasteiger partial charge on any atom is 0.387 e. The Morgan fingerprint density at radius 1 is 1.07 bits per heavy atom. The van der Waals surface area contributed by atoms with E-state index in [-0.39, 0.29) is 53.0 Å². The smallest absolute Gasteiger partial charge is 0.387 e. The van der Waals surface area contributed by atoms with Gasteiger partial charge in [0.25, 0.3) is 0 Å². The lowest BCUT2D eigenvalue weighted by molar-refractivity contribution is -0.0540. The van der Waals surface area contributed by atoms with Crippen LogP contribution in [0.1, 0.15) is 60.8 Å². The average Bonchev–Trinajstić information content (AvgIpc) is 2.86. The Morgan fingerprint density at radius 3 is 2.37 bits per heavy atom. The summed E-state index contributed by atoms with van der Waals surface area (Å²) in [6.45, 7) is 10.3. The number of piperidine rings is 2. The van der Waals surface area contributed by atoms with E-state index in [4.69, 9.17) is 9.47 Å². The maximum atomic E-state index is 14.8. The fourth-order valence-corrected chi connectivity index (χ4v) is 5.87. The van der Waals surface area contributed by atoms with Crippen molar-refractivity contribution < 1.29 is 27.0 Å². The standard InChI is InChI=1S/C29H42F4N6O2/c1-17(2)39-11-10-22(21(31)16-39)40-23-9-8-18(12-24(23)41-26(32)33)36-27-34-15-20(30)25(37-27)35-19-13-28(3,4)38(7)29(5,6)14-19/h8-9,12,15,17,19,21-22,26H,10-11,13-14,16H2,1-7H3,(H2,34,35,36,37)/t21-,22+/m1/s1. The number of likely N-dealkylation sites (tertiary alicyclic amines) is 2. The molecule has 0 aliphatic carbocycles. The van der Waals surface area contributed by atoms with Crippen LogP contribution >= 0.6 is 0 Å². The van der Waals surface area contributed by atoms with Gasteiger partial charge in [-0.15, -0.1) is 0 Å². The molecular formula is C29H42F4N6O2. The zero-order valence-electron chi connectivity index (χ0n) is 24.8. The average molecular weight is 583 g/mol. The lowest BCUT2D eigenvalue weighted by atomic mass is 9.77. The van der Waals surface area contributed by atoms with Crippen molar-refractivity contribution in [2.75, 3.05) is 30.8 Å². The van der Waals surface area contributed by atoms with Crippen molar-refractivity contribution in [3.63, 3.8) is 0 Å². The molecule has 2 aliphatic heterocycles. The lowest BCUT2D eigenvalue weighted by Gasteiger charge is -2.53. The molecule has 2 aliphatic rings. The van der Waals surface area contributed by atoms with E-state index in [1.54, 1.807) is 6.07 Å². The highest BCUT2D eigenvalue weighted by Crippen LogP contribution is 2.38. The number of hydrogen-bond donors (Lipinski definition) is 2. The third kappa shape index (κ3) is 7.51. The number of ether oxygens (including phenoxy) is 2. The van der Waals surface area contributed by atoms with Crippen molar-refractivity contribution >= 4 is 17.5 Å². The van der Waals surface area contributed by atoms with E-state index in [0.717, 1.165) is 19.0 Å². The second-order valence-electron chi connectivity index (χ2n) is 12.5. The van der Waals surface area contributed by atoms with Crippen LogP contribution in [0.25, 0.3) is 0 Å². The van der Waals surface area contributed by atoms with Gasteiger partial charge in [-0.1, -0.05) is 0 Å². The van der Waals surface area contributed by atoms with Gasteiger partial charge in [0.1, 0.15) is 12.3 Å². The third-order valence-electron chi connectivity index (χ3n) is 8.33. The summed E-state index contributed by atoms with van der Waals surface area (Å²) in [4.78, 5) is 12.7. The Morgan fingerprint density at radius 2 is 1.76 bits per heavy atom. The van der Waals surface area contributed by atoms with Gasteiger partial charge in [-0.2, -0.15) is 13.8 Å². The predicted molar refractivity (Wildman–Crippen MR) is 152 cm³/mol. The minimum atomic E-state index is -3.11. The van der Waals surface area contributed by atoms with Crippen molar-refractivity contribution in [3.8, 4) is 11.5 Å². The molecule has 0 bridgehead atoms. The number of nitrogens with zero attached hydrogens (tertiary/aromatic N) is 4. The van der Waals surface area contributed by atoms with Gasteiger partial charge in [0, 0.05) is 48.0 Å². The maximum absolute atomic E-state index is 14.8. The molecule has 2 N–H and O–H groups in total. The van der Waals surface area contributed by atoms with Crippen LogP contribution < -0.4 is 20.1 Å². The number of anilines is 3. The monoisotopic (exact) mass is 582 g/mol. The number of benzene rings is 1. The molecular weight excluding hydrogens is 540 g/mol. The number of halogens is 4. The second-order valence-corrected chi connectivity index (χ2v) is 12.5. The number of alkyl halides is 3. The van der Waals surface area contributed by atoms with Crippen LogP contribution in [-0.4, -0.2) is 82.0 Å². The first-order valence-electron chi connectivity index (χ1n) is 14.1. The zero-order chi connectivity index (χ0) is 30.1. The molecule has 2 saturated heterocycles. The van der Waals surface area contributed by atoms with Gasteiger partial charge >= 0.3 is 6.61 Å². The van der Waals surface area contributed by atoms with Gasteiger partial charge in [-0.3, -0.25) is 9.80 Å². The summed E-state index contributed by atoms with van der Waals surface area (Å²) in [6, 6.07) is 4.48. The first-order chi connectivity index (χ1) is 19.1. The first kappa shape index (κ1) is 31.1. The van der Waals surface area contributed by atoms with E-state index in [9.17, 15) is 17.6 Å². The van der Waals surface area contributed by atoms with E-state index in [1.807, 2.05) is 18.7 Å². The summed E-state index contributed by atoms with van der Waals surface area (Å²) in [5.74, 6) is -0.716. The number of hydrogen-bond acceptors (Lipinski definition) is 8. The minimum absolute atomic E-state index is 0.0105. The van der Waals surface area contributed by atoms with Crippen molar-refractivity contribution in [2.45, 2.75) is 103 Å². The molecule has 228 valence electrons. The highest BCUT2D eigenvalue weighted by atomic mass is 19.3. The Bertz CT molecular complexity index is 1180.